The number of anilines is 1. The van der Waals surface area contributed by atoms with Gasteiger partial charge in [-0.05, 0) is 49.7 Å². The highest BCUT2D eigenvalue weighted by Gasteiger charge is 2.14. The van der Waals surface area contributed by atoms with Crippen molar-refractivity contribution in [1.82, 2.24) is 9.78 Å². The number of benzene rings is 2. The van der Waals surface area contributed by atoms with E-state index in [1.54, 1.807) is 22.9 Å². The summed E-state index contributed by atoms with van der Waals surface area (Å²) in [5.41, 5.74) is 3.70. The first-order valence-electron chi connectivity index (χ1n) is 7.25. The van der Waals surface area contributed by atoms with Gasteiger partial charge in [0, 0.05) is 16.4 Å². The molecule has 0 saturated heterocycles. The van der Waals surface area contributed by atoms with Crippen molar-refractivity contribution in [3.05, 3.63) is 76.6 Å². The summed E-state index contributed by atoms with van der Waals surface area (Å²) in [6, 6.07) is 16.9. The van der Waals surface area contributed by atoms with E-state index >= 15 is 0 Å². The third-order valence-corrected chi connectivity index (χ3v) is 4.05. The predicted molar refractivity (Wildman–Crippen MR) is 92.4 cm³/mol. The van der Waals surface area contributed by atoms with E-state index in [0.29, 0.717) is 16.4 Å². The van der Waals surface area contributed by atoms with Crippen LogP contribution in [0.5, 0.6) is 0 Å². The van der Waals surface area contributed by atoms with Gasteiger partial charge in [-0.2, -0.15) is 5.10 Å². The first-order chi connectivity index (χ1) is 11.1. The average molecular weight is 326 g/mol. The fourth-order valence-electron chi connectivity index (χ4n) is 2.35. The number of rotatable bonds is 3. The summed E-state index contributed by atoms with van der Waals surface area (Å²) < 4.78 is 1.75. The number of hydrogen-bond acceptors (Lipinski definition) is 2. The molecule has 0 atom stereocenters. The normalized spacial score (nSPS) is 10.6. The zero-order valence-corrected chi connectivity index (χ0v) is 13.6. The number of carbonyl (C=O) groups is 1. The van der Waals surface area contributed by atoms with E-state index in [2.05, 4.69) is 10.4 Å². The van der Waals surface area contributed by atoms with Crippen molar-refractivity contribution in [2.75, 3.05) is 5.32 Å². The second-order valence-corrected chi connectivity index (χ2v) is 5.69. The van der Waals surface area contributed by atoms with Crippen molar-refractivity contribution in [3.8, 4) is 5.69 Å². The van der Waals surface area contributed by atoms with Crippen LogP contribution in [0.2, 0.25) is 5.02 Å². The number of nitrogens with zero attached hydrogens (tertiary/aromatic N) is 2. The largest absolute Gasteiger partial charge is 0.320 e. The Morgan fingerprint density at radius 3 is 2.57 bits per heavy atom. The number of nitrogens with one attached hydrogen (secondary N) is 1. The summed E-state index contributed by atoms with van der Waals surface area (Å²) in [5.74, 6) is -0.256. The SMILES string of the molecule is Cc1c(Cl)cccc1NC(=O)c1cc(C)n(-c2ccccc2)n1. The summed E-state index contributed by atoms with van der Waals surface area (Å²) >= 11 is 6.08. The van der Waals surface area contributed by atoms with E-state index in [-0.39, 0.29) is 5.91 Å². The van der Waals surface area contributed by atoms with Crippen LogP contribution in [0.1, 0.15) is 21.7 Å². The first kappa shape index (κ1) is 15.3. The van der Waals surface area contributed by atoms with E-state index in [9.17, 15) is 4.79 Å². The minimum Gasteiger partial charge on any atom is -0.320 e. The molecule has 3 rings (SSSR count). The summed E-state index contributed by atoms with van der Waals surface area (Å²) in [6.45, 7) is 3.78. The van der Waals surface area contributed by atoms with E-state index in [1.807, 2.05) is 50.2 Å². The van der Waals surface area contributed by atoms with E-state index in [0.717, 1.165) is 16.9 Å². The molecule has 2 aromatic carbocycles. The molecule has 116 valence electrons. The fraction of sp³-hybridized carbons (Fsp3) is 0.111. The Kier molecular flexibility index (Phi) is 4.17. The van der Waals surface area contributed by atoms with Gasteiger partial charge in [0.2, 0.25) is 0 Å². The van der Waals surface area contributed by atoms with Crippen LogP contribution in [0.4, 0.5) is 5.69 Å². The standard InChI is InChI=1S/C18H16ClN3O/c1-12-11-17(21-22(12)14-7-4-3-5-8-14)18(23)20-16-10-6-9-15(19)13(16)2/h3-11H,1-2H3,(H,20,23). The van der Waals surface area contributed by atoms with Gasteiger partial charge in [-0.1, -0.05) is 35.9 Å². The van der Waals surface area contributed by atoms with Crippen LogP contribution in [0, 0.1) is 13.8 Å². The van der Waals surface area contributed by atoms with E-state index in [4.69, 9.17) is 11.6 Å². The number of aryl methyl sites for hydroxylation is 1. The molecule has 0 saturated carbocycles. The Hall–Kier alpha value is -2.59. The molecular formula is C18H16ClN3O. The quantitative estimate of drug-likeness (QED) is 0.776. The summed E-state index contributed by atoms with van der Waals surface area (Å²) in [7, 11) is 0. The fourth-order valence-corrected chi connectivity index (χ4v) is 2.52. The molecule has 0 unspecified atom stereocenters. The lowest BCUT2D eigenvalue weighted by Crippen LogP contribution is -2.14. The predicted octanol–water partition coefficient (Wildman–Crippen LogP) is 4.39. The minimum atomic E-state index is -0.256. The molecule has 0 radical (unpaired) electrons. The molecule has 23 heavy (non-hydrogen) atoms. The third kappa shape index (κ3) is 3.12. The van der Waals surface area contributed by atoms with Gasteiger partial charge < -0.3 is 5.32 Å². The second-order valence-electron chi connectivity index (χ2n) is 5.28. The molecule has 0 bridgehead atoms. The molecule has 0 fully saturated rings. The van der Waals surface area contributed by atoms with Crippen molar-refractivity contribution < 1.29 is 4.79 Å². The monoisotopic (exact) mass is 325 g/mol. The zero-order valence-electron chi connectivity index (χ0n) is 12.9. The number of hydrogen-bond donors (Lipinski definition) is 1. The zero-order chi connectivity index (χ0) is 16.4. The average Bonchev–Trinajstić information content (AvgIpc) is 2.95. The molecule has 4 nitrogen and oxygen atoms in total. The molecule has 0 aliphatic rings. The molecule has 1 N–H and O–H groups in total. The molecule has 0 spiro atoms. The van der Waals surface area contributed by atoms with E-state index < -0.39 is 0 Å². The van der Waals surface area contributed by atoms with Crippen LogP contribution in [0.3, 0.4) is 0 Å². The Morgan fingerprint density at radius 1 is 1.09 bits per heavy atom. The maximum atomic E-state index is 12.4. The minimum absolute atomic E-state index is 0.256. The van der Waals surface area contributed by atoms with Crippen molar-refractivity contribution in [2.24, 2.45) is 0 Å². The molecule has 3 aromatic rings. The summed E-state index contributed by atoms with van der Waals surface area (Å²) in [5, 5.41) is 7.88. The Balaban J connectivity index is 1.88. The van der Waals surface area contributed by atoms with Crippen LogP contribution < -0.4 is 5.32 Å². The maximum Gasteiger partial charge on any atom is 0.276 e. The molecule has 5 heteroatoms. The van der Waals surface area contributed by atoms with Gasteiger partial charge in [-0.15, -0.1) is 0 Å². The molecule has 1 heterocycles. The highest BCUT2D eigenvalue weighted by Crippen LogP contribution is 2.23. The molecule has 0 aliphatic heterocycles. The number of carbonyl (C=O) groups excluding carboxylic acids is 1. The molecule has 1 amide bonds. The van der Waals surface area contributed by atoms with Gasteiger partial charge >= 0.3 is 0 Å². The van der Waals surface area contributed by atoms with Gasteiger partial charge in [0.05, 0.1) is 5.69 Å². The molecule has 0 aliphatic carbocycles. The number of para-hydroxylation sites is 1. The Labute approximate surface area is 139 Å². The lowest BCUT2D eigenvalue weighted by molar-refractivity contribution is 0.102. The Morgan fingerprint density at radius 2 is 1.83 bits per heavy atom. The van der Waals surface area contributed by atoms with Crippen LogP contribution in [0.25, 0.3) is 5.69 Å². The van der Waals surface area contributed by atoms with Crippen LogP contribution >= 0.6 is 11.6 Å². The highest BCUT2D eigenvalue weighted by molar-refractivity contribution is 6.31. The van der Waals surface area contributed by atoms with Crippen LogP contribution in [0.15, 0.2) is 54.6 Å². The van der Waals surface area contributed by atoms with Crippen LogP contribution in [-0.4, -0.2) is 15.7 Å². The topological polar surface area (TPSA) is 46.9 Å². The van der Waals surface area contributed by atoms with E-state index in [1.165, 1.54) is 0 Å². The maximum absolute atomic E-state index is 12.4. The van der Waals surface area contributed by atoms with Crippen molar-refractivity contribution in [1.29, 1.82) is 0 Å². The Bertz CT molecular complexity index is 856. The number of halogens is 1. The number of aromatic nitrogens is 2. The second kappa shape index (κ2) is 6.26. The lowest BCUT2D eigenvalue weighted by atomic mass is 10.2. The first-order valence-corrected chi connectivity index (χ1v) is 7.62. The smallest absolute Gasteiger partial charge is 0.276 e. The highest BCUT2D eigenvalue weighted by atomic mass is 35.5. The van der Waals surface area contributed by atoms with Crippen LogP contribution in [-0.2, 0) is 0 Å². The molecular weight excluding hydrogens is 310 g/mol. The van der Waals surface area contributed by atoms with Gasteiger partial charge in [-0.3, -0.25) is 4.79 Å². The number of amides is 1. The van der Waals surface area contributed by atoms with Gasteiger partial charge in [-0.25, -0.2) is 4.68 Å². The summed E-state index contributed by atoms with van der Waals surface area (Å²) in [6.07, 6.45) is 0. The summed E-state index contributed by atoms with van der Waals surface area (Å²) in [4.78, 5) is 12.4. The van der Waals surface area contributed by atoms with Gasteiger partial charge in [0.25, 0.3) is 5.91 Å². The third-order valence-electron chi connectivity index (χ3n) is 3.64. The molecule has 1 aromatic heterocycles. The van der Waals surface area contributed by atoms with Gasteiger partial charge in [0.1, 0.15) is 0 Å². The van der Waals surface area contributed by atoms with Gasteiger partial charge in [0.15, 0.2) is 5.69 Å². The van der Waals surface area contributed by atoms with Crippen molar-refractivity contribution in [3.63, 3.8) is 0 Å². The lowest BCUT2D eigenvalue weighted by Gasteiger charge is -2.08. The van der Waals surface area contributed by atoms with Crippen molar-refractivity contribution in [2.45, 2.75) is 13.8 Å². The van der Waals surface area contributed by atoms with Crippen molar-refractivity contribution >= 4 is 23.2 Å².